The van der Waals surface area contributed by atoms with Crippen molar-refractivity contribution in [1.82, 2.24) is 5.32 Å². The summed E-state index contributed by atoms with van der Waals surface area (Å²) in [5.41, 5.74) is -0.474. The summed E-state index contributed by atoms with van der Waals surface area (Å²) in [5, 5.41) is 15.5. The Bertz CT molecular complexity index is 433. The maximum Gasteiger partial charge on any atom is 0.0986 e. The summed E-state index contributed by atoms with van der Waals surface area (Å²) in [6.07, 6.45) is 0.639. The van der Waals surface area contributed by atoms with Crippen LogP contribution in [0.4, 0.5) is 0 Å². The quantitative estimate of drug-likeness (QED) is 0.824. The van der Waals surface area contributed by atoms with E-state index in [1.54, 1.807) is 18.2 Å². The Kier molecular flexibility index (Phi) is 3.43. The zero-order valence-corrected chi connectivity index (χ0v) is 11.6. The van der Waals surface area contributed by atoms with E-state index in [9.17, 15) is 5.11 Å². The van der Waals surface area contributed by atoms with Gasteiger partial charge in [-0.15, -0.1) is 0 Å². The number of hydrogen-bond donors (Lipinski definition) is 2. The molecule has 1 fully saturated rings. The van der Waals surface area contributed by atoms with Gasteiger partial charge in [-0.05, 0) is 31.2 Å². The summed E-state index contributed by atoms with van der Waals surface area (Å²) in [6, 6.07) is 5.26. The average molecular weight is 274 g/mol. The highest BCUT2D eigenvalue weighted by Crippen LogP contribution is 2.46. The fourth-order valence-electron chi connectivity index (χ4n) is 2.47. The van der Waals surface area contributed by atoms with Gasteiger partial charge in [-0.2, -0.15) is 0 Å². The van der Waals surface area contributed by atoms with Gasteiger partial charge in [0.05, 0.1) is 5.60 Å². The Labute approximate surface area is 112 Å². The van der Waals surface area contributed by atoms with Crippen molar-refractivity contribution in [2.75, 3.05) is 13.1 Å². The molecule has 1 heterocycles. The molecule has 1 aromatic rings. The van der Waals surface area contributed by atoms with E-state index in [1.807, 2.05) is 13.8 Å². The van der Waals surface area contributed by atoms with Crippen molar-refractivity contribution < 1.29 is 5.11 Å². The van der Waals surface area contributed by atoms with Crippen LogP contribution in [0.5, 0.6) is 0 Å². The molecule has 2 rings (SSSR count). The highest BCUT2D eigenvalue weighted by atomic mass is 35.5. The summed E-state index contributed by atoms with van der Waals surface area (Å²) in [7, 11) is 0. The predicted octanol–water partition coefficient (Wildman–Crippen LogP) is 3.20. The third-order valence-electron chi connectivity index (χ3n) is 3.72. The van der Waals surface area contributed by atoms with Crippen LogP contribution in [0.25, 0.3) is 0 Å². The van der Waals surface area contributed by atoms with Crippen LogP contribution < -0.4 is 5.32 Å². The van der Waals surface area contributed by atoms with Crippen molar-refractivity contribution >= 4 is 23.2 Å². The Hall–Kier alpha value is -0.280. The molecule has 0 radical (unpaired) electrons. The molecule has 0 saturated carbocycles. The molecule has 0 amide bonds. The highest BCUT2D eigenvalue weighted by Gasteiger charge is 2.47. The van der Waals surface area contributed by atoms with Crippen molar-refractivity contribution in [1.29, 1.82) is 0 Å². The number of nitrogens with one attached hydrogen (secondary N) is 1. The van der Waals surface area contributed by atoms with Crippen molar-refractivity contribution in [3.63, 3.8) is 0 Å². The lowest BCUT2D eigenvalue weighted by molar-refractivity contribution is -0.0943. The summed E-state index contributed by atoms with van der Waals surface area (Å²) in [5.74, 6) is 0. The van der Waals surface area contributed by atoms with E-state index in [0.717, 1.165) is 18.7 Å². The van der Waals surface area contributed by atoms with E-state index in [4.69, 9.17) is 23.2 Å². The molecule has 1 saturated heterocycles. The Balaban J connectivity index is 2.52. The number of aliphatic hydroxyl groups is 1. The lowest BCUT2D eigenvalue weighted by Crippen LogP contribution is -2.54. The highest BCUT2D eigenvalue weighted by molar-refractivity contribution is 6.33. The minimum absolute atomic E-state index is 0.278. The normalized spacial score (nSPS) is 28.1. The molecule has 0 aliphatic carbocycles. The molecule has 0 aromatic heterocycles. The number of rotatable bonds is 1. The van der Waals surface area contributed by atoms with E-state index in [0.29, 0.717) is 16.5 Å². The summed E-state index contributed by atoms with van der Waals surface area (Å²) < 4.78 is 0. The first-order chi connectivity index (χ1) is 7.87. The minimum Gasteiger partial charge on any atom is -0.384 e. The second-order valence-corrected chi connectivity index (χ2v) is 6.14. The van der Waals surface area contributed by atoms with E-state index >= 15 is 0 Å². The fourth-order valence-corrected chi connectivity index (χ4v) is 2.91. The number of halogens is 2. The smallest absolute Gasteiger partial charge is 0.0986 e. The van der Waals surface area contributed by atoms with Crippen LogP contribution in [0.15, 0.2) is 18.2 Å². The van der Waals surface area contributed by atoms with Crippen molar-refractivity contribution in [3.8, 4) is 0 Å². The number of hydrogen-bond acceptors (Lipinski definition) is 2. The SMILES string of the molecule is CC1(C)CNCCC1(O)c1cc(Cl)ccc1Cl. The predicted molar refractivity (Wildman–Crippen MR) is 71.6 cm³/mol. The van der Waals surface area contributed by atoms with Gasteiger partial charge in [-0.25, -0.2) is 0 Å². The van der Waals surface area contributed by atoms with Gasteiger partial charge < -0.3 is 10.4 Å². The molecule has 17 heavy (non-hydrogen) atoms. The van der Waals surface area contributed by atoms with Gasteiger partial charge in [0.25, 0.3) is 0 Å². The van der Waals surface area contributed by atoms with E-state index in [2.05, 4.69) is 5.32 Å². The van der Waals surface area contributed by atoms with E-state index in [-0.39, 0.29) is 5.41 Å². The van der Waals surface area contributed by atoms with E-state index < -0.39 is 5.60 Å². The molecule has 4 heteroatoms. The maximum absolute atomic E-state index is 11.0. The van der Waals surface area contributed by atoms with Gasteiger partial charge in [-0.3, -0.25) is 0 Å². The van der Waals surface area contributed by atoms with Crippen LogP contribution >= 0.6 is 23.2 Å². The third-order valence-corrected chi connectivity index (χ3v) is 4.29. The maximum atomic E-state index is 11.0. The summed E-state index contributed by atoms with van der Waals surface area (Å²) >= 11 is 12.2. The third kappa shape index (κ3) is 2.19. The Morgan fingerprint density at radius 2 is 2.00 bits per heavy atom. The summed E-state index contributed by atoms with van der Waals surface area (Å²) in [6.45, 7) is 5.61. The van der Waals surface area contributed by atoms with Crippen molar-refractivity contribution in [3.05, 3.63) is 33.8 Å². The summed E-state index contributed by atoms with van der Waals surface area (Å²) in [4.78, 5) is 0. The molecule has 1 aliphatic heterocycles. The fraction of sp³-hybridized carbons (Fsp3) is 0.538. The number of piperidine rings is 1. The van der Waals surface area contributed by atoms with E-state index in [1.165, 1.54) is 0 Å². The molecule has 1 aliphatic rings. The molecular weight excluding hydrogens is 257 g/mol. The van der Waals surface area contributed by atoms with Crippen LogP contribution in [0.3, 0.4) is 0 Å². The largest absolute Gasteiger partial charge is 0.384 e. The Morgan fingerprint density at radius 3 is 2.65 bits per heavy atom. The first-order valence-electron chi connectivity index (χ1n) is 5.75. The second kappa shape index (κ2) is 4.43. The molecule has 1 aromatic carbocycles. The lowest BCUT2D eigenvalue weighted by atomic mass is 9.67. The molecule has 1 unspecified atom stereocenters. The minimum atomic E-state index is -0.930. The first kappa shape index (κ1) is 13.2. The monoisotopic (exact) mass is 273 g/mol. The molecule has 1 atom stereocenters. The van der Waals surface area contributed by atoms with Crippen molar-refractivity contribution in [2.45, 2.75) is 25.9 Å². The Morgan fingerprint density at radius 1 is 1.29 bits per heavy atom. The molecule has 0 bridgehead atoms. The number of benzene rings is 1. The van der Waals surface area contributed by atoms with Crippen LogP contribution in [0.1, 0.15) is 25.8 Å². The van der Waals surface area contributed by atoms with Crippen molar-refractivity contribution in [2.24, 2.45) is 5.41 Å². The standard InChI is InChI=1S/C13H17Cl2NO/c1-12(2)8-16-6-5-13(12,17)10-7-9(14)3-4-11(10)15/h3-4,7,16-17H,5-6,8H2,1-2H3. The molecule has 94 valence electrons. The lowest BCUT2D eigenvalue weighted by Gasteiger charge is -2.47. The average Bonchev–Trinajstić information content (AvgIpc) is 2.26. The van der Waals surface area contributed by atoms with Crippen LogP contribution in [-0.4, -0.2) is 18.2 Å². The first-order valence-corrected chi connectivity index (χ1v) is 6.51. The van der Waals surface area contributed by atoms with Gasteiger partial charge in [0.2, 0.25) is 0 Å². The zero-order chi connectivity index (χ0) is 12.7. The van der Waals surface area contributed by atoms with Gasteiger partial charge in [0, 0.05) is 27.6 Å². The van der Waals surface area contributed by atoms with Gasteiger partial charge >= 0.3 is 0 Å². The topological polar surface area (TPSA) is 32.3 Å². The zero-order valence-electron chi connectivity index (χ0n) is 10.1. The van der Waals surface area contributed by atoms with Crippen LogP contribution in [0.2, 0.25) is 10.0 Å². The van der Waals surface area contributed by atoms with Crippen LogP contribution in [0, 0.1) is 5.41 Å². The molecule has 0 spiro atoms. The molecular formula is C13H17Cl2NO. The molecule has 2 N–H and O–H groups in total. The van der Waals surface area contributed by atoms with Crippen LogP contribution in [-0.2, 0) is 5.60 Å². The van der Waals surface area contributed by atoms with Gasteiger partial charge in [0.15, 0.2) is 0 Å². The molecule has 2 nitrogen and oxygen atoms in total. The van der Waals surface area contributed by atoms with Gasteiger partial charge in [-0.1, -0.05) is 37.0 Å². The van der Waals surface area contributed by atoms with Gasteiger partial charge in [0.1, 0.15) is 0 Å². The second-order valence-electron chi connectivity index (χ2n) is 5.30.